The molecule has 2 N–H and O–H groups in total. The topological polar surface area (TPSA) is 64.8 Å². The molecule has 5 nitrogen and oxygen atoms in total. The number of carbonyl (C=O) groups is 1. The fourth-order valence-corrected chi connectivity index (χ4v) is 1.38. The molecule has 18 heavy (non-hydrogen) atoms. The summed E-state index contributed by atoms with van der Waals surface area (Å²) in [6.45, 7) is 3.36. The highest BCUT2D eigenvalue weighted by Gasteiger charge is 2.14. The smallest absolute Gasteiger partial charge is 0.341 e. The molecule has 0 spiro atoms. The van der Waals surface area contributed by atoms with Gasteiger partial charge in [0, 0.05) is 18.3 Å². The van der Waals surface area contributed by atoms with Crippen LogP contribution in [0, 0.1) is 0 Å². The molecule has 1 aromatic carbocycles. The second kappa shape index (κ2) is 6.86. The molecule has 0 fully saturated rings. The molecule has 0 unspecified atom stereocenters. The maximum atomic E-state index is 11.9. The summed E-state index contributed by atoms with van der Waals surface area (Å²) in [5.41, 5.74) is 6.62. The van der Waals surface area contributed by atoms with E-state index in [2.05, 4.69) is 0 Å². The van der Waals surface area contributed by atoms with E-state index >= 15 is 0 Å². The number of nitrogens with two attached hydrogens (primary N) is 1. The number of benzene rings is 1. The summed E-state index contributed by atoms with van der Waals surface area (Å²) in [6, 6.07) is 4.91. The van der Waals surface area contributed by atoms with Gasteiger partial charge in [-0.2, -0.15) is 0 Å². The molecule has 0 aliphatic carbocycles. The monoisotopic (exact) mass is 252 g/mol. The summed E-state index contributed by atoms with van der Waals surface area (Å²) < 4.78 is 10.5. The van der Waals surface area contributed by atoms with E-state index in [1.165, 1.54) is 0 Å². The van der Waals surface area contributed by atoms with Gasteiger partial charge in [0.25, 0.3) is 0 Å². The lowest BCUT2D eigenvalue weighted by Crippen LogP contribution is -2.20. The third-order valence-electron chi connectivity index (χ3n) is 2.30. The lowest BCUT2D eigenvalue weighted by atomic mass is 10.2. The van der Waals surface area contributed by atoms with Gasteiger partial charge in [0.2, 0.25) is 0 Å². The number of ether oxygens (including phenoxy) is 2. The van der Waals surface area contributed by atoms with E-state index in [-0.39, 0.29) is 5.97 Å². The van der Waals surface area contributed by atoms with Crippen LogP contribution in [0.2, 0.25) is 0 Å². The maximum Gasteiger partial charge on any atom is 0.341 e. The molecule has 0 aliphatic heterocycles. The van der Waals surface area contributed by atoms with E-state index in [0.717, 1.165) is 0 Å². The van der Waals surface area contributed by atoms with Crippen molar-refractivity contribution in [2.75, 3.05) is 39.6 Å². The van der Waals surface area contributed by atoms with E-state index in [4.69, 9.17) is 15.2 Å². The third-order valence-corrected chi connectivity index (χ3v) is 2.30. The van der Waals surface area contributed by atoms with Crippen LogP contribution in [0.3, 0.4) is 0 Å². The van der Waals surface area contributed by atoms with Crippen LogP contribution in [0.15, 0.2) is 18.2 Å². The van der Waals surface area contributed by atoms with Gasteiger partial charge in [0.1, 0.15) is 17.9 Å². The molecule has 100 valence electrons. The zero-order valence-electron chi connectivity index (χ0n) is 11.1. The van der Waals surface area contributed by atoms with Crippen molar-refractivity contribution in [3.63, 3.8) is 0 Å². The molecular weight excluding hydrogens is 232 g/mol. The van der Waals surface area contributed by atoms with Crippen LogP contribution in [0.4, 0.5) is 5.69 Å². The van der Waals surface area contributed by atoms with Gasteiger partial charge in [-0.15, -0.1) is 0 Å². The van der Waals surface area contributed by atoms with Gasteiger partial charge in [0.15, 0.2) is 0 Å². The predicted octanol–water partition coefficient (Wildman–Crippen LogP) is 1.39. The second-order valence-electron chi connectivity index (χ2n) is 4.13. The number of nitrogens with zero attached hydrogens (tertiary/aromatic N) is 1. The van der Waals surface area contributed by atoms with Crippen molar-refractivity contribution in [3.8, 4) is 5.75 Å². The molecule has 1 aromatic rings. The largest absolute Gasteiger partial charge is 0.493 e. The van der Waals surface area contributed by atoms with Crippen LogP contribution in [0.1, 0.15) is 17.3 Å². The first kappa shape index (κ1) is 14.3. The first-order chi connectivity index (χ1) is 8.54. The van der Waals surface area contributed by atoms with Crippen molar-refractivity contribution in [1.82, 2.24) is 4.90 Å². The fourth-order valence-electron chi connectivity index (χ4n) is 1.38. The van der Waals surface area contributed by atoms with Crippen LogP contribution in [0.25, 0.3) is 0 Å². The van der Waals surface area contributed by atoms with Crippen molar-refractivity contribution >= 4 is 11.7 Å². The molecule has 0 bridgehead atoms. The summed E-state index contributed by atoms with van der Waals surface area (Å²) >= 11 is 0. The molecule has 0 aromatic heterocycles. The number of esters is 1. The van der Waals surface area contributed by atoms with Gasteiger partial charge in [-0.1, -0.05) is 0 Å². The number of anilines is 1. The van der Waals surface area contributed by atoms with E-state index in [9.17, 15) is 4.79 Å². The highest BCUT2D eigenvalue weighted by Crippen LogP contribution is 2.22. The van der Waals surface area contributed by atoms with Crippen molar-refractivity contribution in [2.45, 2.75) is 6.92 Å². The van der Waals surface area contributed by atoms with Crippen LogP contribution in [0.5, 0.6) is 5.75 Å². The molecule has 0 saturated heterocycles. The highest BCUT2D eigenvalue weighted by molar-refractivity contribution is 5.93. The predicted molar refractivity (Wildman–Crippen MR) is 70.9 cm³/mol. The van der Waals surface area contributed by atoms with Crippen molar-refractivity contribution in [3.05, 3.63) is 23.8 Å². The van der Waals surface area contributed by atoms with Gasteiger partial charge in [0.05, 0.1) is 6.61 Å². The Morgan fingerprint density at radius 2 is 2.11 bits per heavy atom. The van der Waals surface area contributed by atoms with Crippen LogP contribution < -0.4 is 10.5 Å². The second-order valence-corrected chi connectivity index (χ2v) is 4.13. The van der Waals surface area contributed by atoms with Crippen molar-refractivity contribution in [1.29, 1.82) is 0 Å². The van der Waals surface area contributed by atoms with Gasteiger partial charge in [-0.05, 0) is 33.2 Å². The molecule has 1 rings (SSSR count). The van der Waals surface area contributed by atoms with Gasteiger partial charge < -0.3 is 20.1 Å². The zero-order valence-corrected chi connectivity index (χ0v) is 11.1. The number of hydrogen-bond acceptors (Lipinski definition) is 5. The fraction of sp³-hybridized carbons (Fsp3) is 0.462. The zero-order chi connectivity index (χ0) is 13.5. The summed E-state index contributed by atoms with van der Waals surface area (Å²) in [6.07, 6.45) is 0. The number of hydrogen-bond donors (Lipinski definition) is 1. The van der Waals surface area contributed by atoms with Crippen molar-refractivity contribution < 1.29 is 14.3 Å². The van der Waals surface area contributed by atoms with E-state index in [0.29, 0.717) is 36.8 Å². The minimum atomic E-state index is -0.389. The molecule has 0 heterocycles. The van der Waals surface area contributed by atoms with Crippen molar-refractivity contribution in [2.24, 2.45) is 0 Å². The highest BCUT2D eigenvalue weighted by atomic mass is 16.5. The summed E-state index contributed by atoms with van der Waals surface area (Å²) in [7, 11) is 3.84. The normalized spacial score (nSPS) is 10.4. The van der Waals surface area contributed by atoms with Gasteiger partial charge >= 0.3 is 5.97 Å². The average Bonchev–Trinajstić information content (AvgIpc) is 2.29. The SMILES string of the molecule is CCOc1cc(N)ccc1C(=O)OCCN(C)C. The number of likely N-dealkylation sites (N-methyl/N-ethyl adjacent to an activating group) is 1. The Morgan fingerprint density at radius 1 is 1.39 bits per heavy atom. The Bertz CT molecular complexity index is 405. The Morgan fingerprint density at radius 3 is 2.72 bits per heavy atom. The number of rotatable bonds is 6. The quantitative estimate of drug-likeness (QED) is 0.612. The third kappa shape index (κ3) is 4.25. The first-order valence-corrected chi connectivity index (χ1v) is 5.88. The van der Waals surface area contributed by atoms with E-state index < -0.39 is 0 Å². The molecule has 5 heteroatoms. The summed E-state index contributed by atoms with van der Waals surface area (Å²) in [5, 5.41) is 0. The molecule has 0 radical (unpaired) electrons. The summed E-state index contributed by atoms with van der Waals surface area (Å²) in [4.78, 5) is 13.8. The summed E-state index contributed by atoms with van der Waals surface area (Å²) in [5.74, 6) is 0.0765. The van der Waals surface area contributed by atoms with Gasteiger partial charge in [-0.3, -0.25) is 0 Å². The lowest BCUT2D eigenvalue weighted by molar-refractivity contribution is 0.0477. The Hall–Kier alpha value is -1.75. The molecular formula is C13H20N2O3. The van der Waals surface area contributed by atoms with E-state index in [1.807, 2.05) is 25.9 Å². The Balaban J connectivity index is 2.72. The lowest BCUT2D eigenvalue weighted by Gasteiger charge is -2.12. The minimum absolute atomic E-state index is 0.349. The average molecular weight is 252 g/mol. The Kier molecular flexibility index (Phi) is 5.45. The minimum Gasteiger partial charge on any atom is -0.493 e. The van der Waals surface area contributed by atoms with Crippen LogP contribution >= 0.6 is 0 Å². The molecule has 0 atom stereocenters. The van der Waals surface area contributed by atoms with Gasteiger partial charge in [-0.25, -0.2) is 4.79 Å². The standard InChI is InChI=1S/C13H20N2O3/c1-4-17-12-9-10(14)5-6-11(12)13(16)18-8-7-15(2)3/h5-6,9H,4,7-8,14H2,1-3H3. The number of carbonyl (C=O) groups excluding carboxylic acids is 1. The molecule has 0 saturated carbocycles. The Labute approximate surface area is 107 Å². The number of nitrogen functional groups attached to an aromatic ring is 1. The first-order valence-electron chi connectivity index (χ1n) is 5.88. The van der Waals surface area contributed by atoms with Crippen LogP contribution in [-0.2, 0) is 4.74 Å². The van der Waals surface area contributed by atoms with Crippen LogP contribution in [-0.4, -0.2) is 44.7 Å². The maximum absolute atomic E-state index is 11.9. The molecule has 0 amide bonds. The molecule has 0 aliphatic rings. The van der Waals surface area contributed by atoms with E-state index in [1.54, 1.807) is 18.2 Å².